The van der Waals surface area contributed by atoms with Crippen molar-refractivity contribution in [3.63, 3.8) is 0 Å². The quantitative estimate of drug-likeness (QED) is 0.456. The number of halogens is 1. The van der Waals surface area contributed by atoms with Crippen molar-refractivity contribution in [2.75, 3.05) is 13.1 Å². The van der Waals surface area contributed by atoms with Crippen LogP contribution in [0.15, 0.2) is 72.8 Å². The van der Waals surface area contributed by atoms with E-state index in [1.165, 1.54) is 23.3 Å². The summed E-state index contributed by atoms with van der Waals surface area (Å²) in [5.41, 5.74) is 5.62. The first-order valence-corrected chi connectivity index (χ1v) is 11.6. The van der Waals surface area contributed by atoms with E-state index in [-0.39, 0.29) is 29.3 Å². The highest BCUT2D eigenvalue weighted by Gasteiger charge is 2.32. The van der Waals surface area contributed by atoms with Gasteiger partial charge in [-0.05, 0) is 90.8 Å². The van der Waals surface area contributed by atoms with Crippen molar-refractivity contribution in [3.8, 4) is 5.75 Å². The Labute approximate surface area is 195 Å². The van der Waals surface area contributed by atoms with Gasteiger partial charge in [0.2, 0.25) is 5.91 Å². The largest absolute Gasteiger partial charge is 0.508 e. The Bertz CT molecular complexity index is 1130. The number of amides is 1. The monoisotopic (exact) mass is 443 g/mol. The van der Waals surface area contributed by atoms with Gasteiger partial charge < -0.3 is 10.0 Å². The molecule has 0 spiro atoms. The van der Waals surface area contributed by atoms with Gasteiger partial charge in [0.05, 0.1) is 0 Å². The van der Waals surface area contributed by atoms with Crippen LogP contribution in [-0.4, -0.2) is 29.0 Å². The molecule has 33 heavy (non-hydrogen) atoms. The number of aryl methyl sites for hydroxylation is 1. The third-order valence-electron chi connectivity index (χ3n) is 6.68. The first-order chi connectivity index (χ1) is 16.0. The summed E-state index contributed by atoms with van der Waals surface area (Å²) in [5.74, 6) is 0.391. The van der Waals surface area contributed by atoms with Crippen LogP contribution in [0.4, 0.5) is 4.39 Å². The van der Waals surface area contributed by atoms with E-state index in [0.717, 1.165) is 29.5 Å². The molecule has 3 aromatic rings. The highest BCUT2D eigenvalue weighted by molar-refractivity contribution is 5.91. The number of hydrogen-bond donors (Lipinski definition) is 1. The maximum atomic E-state index is 13.6. The van der Waals surface area contributed by atoms with Crippen molar-refractivity contribution in [2.24, 2.45) is 0 Å². The Balaban J connectivity index is 1.66. The van der Waals surface area contributed by atoms with Gasteiger partial charge in [-0.1, -0.05) is 42.5 Å². The van der Waals surface area contributed by atoms with Crippen LogP contribution in [0.3, 0.4) is 0 Å². The van der Waals surface area contributed by atoms with E-state index in [1.807, 2.05) is 56.3 Å². The lowest BCUT2D eigenvalue weighted by atomic mass is 9.69. The molecule has 0 aromatic heterocycles. The van der Waals surface area contributed by atoms with Gasteiger partial charge in [-0.2, -0.15) is 0 Å². The molecule has 0 heterocycles. The zero-order chi connectivity index (χ0) is 23.4. The van der Waals surface area contributed by atoms with E-state index in [0.29, 0.717) is 13.1 Å². The average molecular weight is 444 g/mol. The number of aromatic hydroxyl groups is 1. The highest BCUT2D eigenvalue weighted by Crippen LogP contribution is 2.47. The number of rotatable bonds is 6. The molecule has 0 fully saturated rings. The van der Waals surface area contributed by atoms with Crippen LogP contribution >= 0.6 is 0 Å². The topological polar surface area (TPSA) is 40.5 Å². The third-order valence-corrected chi connectivity index (χ3v) is 6.68. The molecule has 1 aliphatic rings. The normalized spacial score (nSPS) is 17.7. The molecular formula is C29H30FNO2. The van der Waals surface area contributed by atoms with Gasteiger partial charge in [-0.25, -0.2) is 4.39 Å². The molecule has 3 nitrogen and oxygen atoms in total. The summed E-state index contributed by atoms with van der Waals surface area (Å²) >= 11 is 0. The van der Waals surface area contributed by atoms with Gasteiger partial charge in [0.25, 0.3) is 0 Å². The number of likely N-dealkylation sites (N-methyl/N-ethyl adjacent to an activating group) is 1. The Kier molecular flexibility index (Phi) is 6.93. The summed E-state index contributed by atoms with van der Waals surface area (Å²) < 4.78 is 13.6. The molecule has 0 saturated heterocycles. The van der Waals surface area contributed by atoms with E-state index < -0.39 is 0 Å². The molecule has 0 bridgehead atoms. The summed E-state index contributed by atoms with van der Waals surface area (Å²) in [6, 6.07) is 20.8. The number of phenols is 1. The SMILES string of the molecule is CCN(CC)C(=O)/C=C\c1ccc(C2c3ccc(O)cc3CCC2c2ccc(F)cc2)cc1. The zero-order valence-electron chi connectivity index (χ0n) is 19.2. The number of fused-ring (bicyclic) bond motifs is 1. The van der Waals surface area contributed by atoms with Crippen LogP contribution in [0.5, 0.6) is 5.75 Å². The first-order valence-electron chi connectivity index (χ1n) is 11.6. The number of nitrogens with zero attached hydrogens (tertiary/aromatic N) is 1. The van der Waals surface area contributed by atoms with E-state index >= 15 is 0 Å². The van der Waals surface area contributed by atoms with Crippen LogP contribution in [-0.2, 0) is 11.2 Å². The fourth-order valence-corrected chi connectivity index (χ4v) is 4.91. The van der Waals surface area contributed by atoms with Crippen LogP contribution < -0.4 is 0 Å². The zero-order valence-corrected chi connectivity index (χ0v) is 19.2. The molecule has 1 amide bonds. The van der Waals surface area contributed by atoms with Gasteiger partial charge in [-0.15, -0.1) is 0 Å². The summed E-state index contributed by atoms with van der Waals surface area (Å²) in [4.78, 5) is 14.1. The lowest BCUT2D eigenvalue weighted by molar-refractivity contribution is -0.125. The van der Waals surface area contributed by atoms with Crippen LogP contribution in [0, 0.1) is 5.82 Å². The predicted molar refractivity (Wildman–Crippen MR) is 131 cm³/mol. The number of phenolic OH excluding ortho intramolecular Hbond substituents is 1. The van der Waals surface area contributed by atoms with E-state index in [2.05, 4.69) is 12.1 Å². The van der Waals surface area contributed by atoms with Crippen LogP contribution in [0.1, 0.15) is 59.9 Å². The summed E-state index contributed by atoms with van der Waals surface area (Å²) in [6.07, 6.45) is 5.28. The molecule has 4 rings (SSSR count). The standard InChI is InChI=1S/C29H30FNO2/c1-3-31(4-2)28(33)18-7-20-5-8-22(9-6-20)29-26(21-10-13-24(30)14-11-21)16-12-23-19-25(32)15-17-27(23)29/h5-11,13-15,17-19,26,29,32H,3-4,12,16H2,1-2H3/b18-7-. The summed E-state index contributed by atoms with van der Waals surface area (Å²) in [5, 5.41) is 9.99. The van der Waals surface area contributed by atoms with E-state index in [4.69, 9.17) is 0 Å². The molecule has 1 aliphatic carbocycles. The predicted octanol–water partition coefficient (Wildman–Crippen LogP) is 6.27. The van der Waals surface area contributed by atoms with Crippen molar-refractivity contribution in [2.45, 2.75) is 38.5 Å². The van der Waals surface area contributed by atoms with Crippen molar-refractivity contribution < 1.29 is 14.3 Å². The van der Waals surface area contributed by atoms with Gasteiger partial charge in [0, 0.05) is 25.1 Å². The molecule has 4 heteroatoms. The summed E-state index contributed by atoms with van der Waals surface area (Å²) in [6.45, 7) is 5.34. The minimum Gasteiger partial charge on any atom is -0.508 e. The smallest absolute Gasteiger partial charge is 0.246 e. The third kappa shape index (κ3) is 5.00. The molecule has 1 N–H and O–H groups in total. The minimum atomic E-state index is -0.230. The molecule has 0 radical (unpaired) electrons. The summed E-state index contributed by atoms with van der Waals surface area (Å²) in [7, 11) is 0. The molecule has 0 saturated carbocycles. The van der Waals surface area contributed by atoms with Gasteiger partial charge >= 0.3 is 0 Å². The molecular weight excluding hydrogens is 413 g/mol. The van der Waals surface area contributed by atoms with Crippen molar-refractivity contribution in [3.05, 3.63) is 106 Å². The molecule has 3 aromatic carbocycles. The fourth-order valence-electron chi connectivity index (χ4n) is 4.91. The van der Waals surface area contributed by atoms with Crippen LogP contribution in [0.2, 0.25) is 0 Å². The Morgan fingerprint density at radius 1 is 1.00 bits per heavy atom. The van der Waals surface area contributed by atoms with Crippen molar-refractivity contribution in [1.29, 1.82) is 0 Å². The van der Waals surface area contributed by atoms with Gasteiger partial charge in [0.15, 0.2) is 0 Å². The highest BCUT2D eigenvalue weighted by atomic mass is 19.1. The second-order valence-electron chi connectivity index (χ2n) is 8.57. The van der Waals surface area contributed by atoms with Crippen molar-refractivity contribution in [1.82, 2.24) is 4.90 Å². The number of benzene rings is 3. The molecule has 2 atom stereocenters. The molecule has 2 unspecified atom stereocenters. The minimum absolute atomic E-state index is 0.0152. The Morgan fingerprint density at radius 3 is 2.33 bits per heavy atom. The van der Waals surface area contributed by atoms with Gasteiger partial charge in [-0.3, -0.25) is 4.79 Å². The van der Waals surface area contributed by atoms with E-state index in [9.17, 15) is 14.3 Å². The van der Waals surface area contributed by atoms with Gasteiger partial charge in [0.1, 0.15) is 11.6 Å². The maximum absolute atomic E-state index is 13.6. The Morgan fingerprint density at radius 2 is 1.67 bits per heavy atom. The molecule has 170 valence electrons. The Hall–Kier alpha value is -3.40. The van der Waals surface area contributed by atoms with Crippen LogP contribution in [0.25, 0.3) is 6.08 Å². The average Bonchev–Trinajstić information content (AvgIpc) is 2.83. The number of carbonyl (C=O) groups excluding carboxylic acids is 1. The first kappa shape index (κ1) is 22.8. The number of hydrogen-bond acceptors (Lipinski definition) is 2. The second kappa shape index (κ2) is 10.0. The second-order valence-corrected chi connectivity index (χ2v) is 8.57. The molecule has 0 aliphatic heterocycles. The van der Waals surface area contributed by atoms with Crippen molar-refractivity contribution >= 4 is 12.0 Å². The maximum Gasteiger partial charge on any atom is 0.246 e. The van der Waals surface area contributed by atoms with E-state index in [1.54, 1.807) is 17.0 Å². The number of carbonyl (C=O) groups is 1. The lowest BCUT2D eigenvalue weighted by Crippen LogP contribution is -2.28. The fraction of sp³-hybridized carbons (Fsp3) is 0.276. The lowest BCUT2D eigenvalue weighted by Gasteiger charge is -2.35.